The molecule has 0 unspecified atom stereocenters. The van der Waals surface area contributed by atoms with Crippen molar-refractivity contribution in [2.24, 2.45) is 0 Å². The van der Waals surface area contributed by atoms with Gasteiger partial charge in [0.15, 0.2) is 5.82 Å². The molecule has 0 N–H and O–H groups in total. The molecule has 2 aliphatic rings. The van der Waals surface area contributed by atoms with Gasteiger partial charge in [0, 0.05) is 43.6 Å². The molecule has 0 aliphatic carbocycles. The van der Waals surface area contributed by atoms with Crippen LogP contribution < -0.4 is 4.90 Å². The average molecular weight is 395 g/mol. The lowest BCUT2D eigenvalue weighted by atomic mass is 10.0. The largest absolute Gasteiger partial charge is 0.378 e. The Kier molecular flexibility index (Phi) is 6.39. The van der Waals surface area contributed by atoms with Crippen molar-refractivity contribution in [1.82, 2.24) is 14.9 Å². The molecule has 1 amide bonds. The maximum absolute atomic E-state index is 12.7. The fourth-order valence-electron chi connectivity index (χ4n) is 4.05. The van der Waals surface area contributed by atoms with Crippen LogP contribution in [-0.4, -0.2) is 53.6 Å². The molecule has 6 nitrogen and oxygen atoms in total. The van der Waals surface area contributed by atoms with E-state index in [1.807, 2.05) is 23.1 Å². The molecule has 0 radical (unpaired) electrons. The van der Waals surface area contributed by atoms with Crippen LogP contribution in [0.1, 0.15) is 43.9 Å². The number of amides is 1. The molecule has 1 aromatic heterocycles. The highest BCUT2D eigenvalue weighted by Gasteiger charge is 2.28. The summed E-state index contributed by atoms with van der Waals surface area (Å²) in [5.41, 5.74) is 3.22. The van der Waals surface area contributed by atoms with Crippen LogP contribution in [0.5, 0.6) is 0 Å². The van der Waals surface area contributed by atoms with E-state index in [2.05, 4.69) is 24.0 Å². The van der Waals surface area contributed by atoms with Crippen molar-refractivity contribution in [3.63, 3.8) is 0 Å². The van der Waals surface area contributed by atoms with E-state index in [-0.39, 0.29) is 5.91 Å². The van der Waals surface area contributed by atoms with Crippen LogP contribution in [-0.2, 0) is 22.5 Å². The zero-order chi connectivity index (χ0) is 20.1. The van der Waals surface area contributed by atoms with Gasteiger partial charge >= 0.3 is 0 Å². The molecule has 0 atom stereocenters. The Hall–Kier alpha value is -2.47. The highest BCUT2D eigenvalue weighted by molar-refractivity contribution is 5.77. The van der Waals surface area contributed by atoms with Gasteiger partial charge in [0.25, 0.3) is 0 Å². The number of aromatic nitrogens is 2. The second-order valence-electron chi connectivity index (χ2n) is 7.78. The summed E-state index contributed by atoms with van der Waals surface area (Å²) in [6, 6.07) is 10.1. The van der Waals surface area contributed by atoms with E-state index >= 15 is 0 Å². The highest BCUT2D eigenvalue weighted by Crippen LogP contribution is 2.30. The van der Waals surface area contributed by atoms with Gasteiger partial charge in [-0.3, -0.25) is 4.79 Å². The summed E-state index contributed by atoms with van der Waals surface area (Å²) in [6.45, 7) is 6.58. The van der Waals surface area contributed by atoms with Gasteiger partial charge in [-0.25, -0.2) is 9.97 Å². The molecule has 3 heterocycles. The minimum absolute atomic E-state index is 0.254. The number of fused-ring (bicyclic) bond motifs is 1. The normalized spacial score (nSPS) is 16.6. The second-order valence-corrected chi connectivity index (χ2v) is 7.78. The SMILES string of the molecule is CCCCCC(=O)N1CCc2nc(-c3ccccc3)nc(N3CCOCC3)c2C1. The fourth-order valence-corrected chi connectivity index (χ4v) is 4.05. The van der Waals surface area contributed by atoms with E-state index < -0.39 is 0 Å². The van der Waals surface area contributed by atoms with E-state index in [9.17, 15) is 4.79 Å². The molecular weight excluding hydrogens is 364 g/mol. The van der Waals surface area contributed by atoms with Crippen molar-refractivity contribution in [2.45, 2.75) is 45.6 Å². The molecule has 1 saturated heterocycles. The van der Waals surface area contributed by atoms with Crippen molar-refractivity contribution < 1.29 is 9.53 Å². The Balaban J connectivity index is 1.64. The number of morpholine rings is 1. The molecule has 29 heavy (non-hydrogen) atoms. The Morgan fingerprint density at radius 1 is 1.07 bits per heavy atom. The number of nitrogens with zero attached hydrogens (tertiary/aromatic N) is 4. The van der Waals surface area contributed by atoms with Crippen LogP contribution in [0, 0.1) is 0 Å². The standard InChI is InChI=1S/C23H30N4O2/c1-2-3-5-10-21(28)27-12-11-20-19(17-27)23(26-13-15-29-16-14-26)25-22(24-20)18-8-6-4-7-9-18/h4,6-9H,2-3,5,10-17H2,1H3. The van der Waals surface area contributed by atoms with E-state index in [1.165, 1.54) is 0 Å². The number of ether oxygens (including phenoxy) is 1. The summed E-state index contributed by atoms with van der Waals surface area (Å²) in [4.78, 5) is 26.9. The maximum atomic E-state index is 12.7. The Morgan fingerprint density at radius 2 is 1.86 bits per heavy atom. The zero-order valence-corrected chi connectivity index (χ0v) is 17.3. The van der Waals surface area contributed by atoms with Crippen LogP contribution in [0.4, 0.5) is 5.82 Å². The first-order valence-electron chi connectivity index (χ1n) is 10.8. The summed E-state index contributed by atoms with van der Waals surface area (Å²) in [5, 5.41) is 0. The van der Waals surface area contributed by atoms with Crippen molar-refractivity contribution in [2.75, 3.05) is 37.7 Å². The van der Waals surface area contributed by atoms with Gasteiger partial charge in [0.1, 0.15) is 5.82 Å². The minimum atomic E-state index is 0.254. The first-order chi connectivity index (χ1) is 14.3. The van der Waals surface area contributed by atoms with Gasteiger partial charge in [0.05, 0.1) is 25.5 Å². The third-order valence-electron chi connectivity index (χ3n) is 5.73. The van der Waals surface area contributed by atoms with Gasteiger partial charge in [-0.2, -0.15) is 0 Å². The van der Waals surface area contributed by atoms with Crippen LogP contribution in [0.3, 0.4) is 0 Å². The summed E-state index contributed by atoms with van der Waals surface area (Å²) in [7, 11) is 0. The number of unbranched alkanes of at least 4 members (excludes halogenated alkanes) is 2. The molecule has 1 fully saturated rings. The first kappa shape index (κ1) is 19.8. The lowest BCUT2D eigenvalue weighted by Gasteiger charge is -2.34. The molecule has 6 heteroatoms. The molecule has 1 aromatic carbocycles. The maximum Gasteiger partial charge on any atom is 0.222 e. The number of carbonyl (C=O) groups excluding carboxylic acids is 1. The third-order valence-corrected chi connectivity index (χ3v) is 5.73. The monoisotopic (exact) mass is 394 g/mol. The number of hydrogen-bond donors (Lipinski definition) is 0. The lowest BCUT2D eigenvalue weighted by molar-refractivity contribution is -0.132. The zero-order valence-electron chi connectivity index (χ0n) is 17.3. The van der Waals surface area contributed by atoms with Gasteiger partial charge < -0.3 is 14.5 Å². The van der Waals surface area contributed by atoms with E-state index in [0.29, 0.717) is 26.2 Å². The molecule has 2 aromatic rings. The second kappa shape index (κ2) is 9.35. The summed E-state index contributed by atoms with van der Waals surface area (Å²) in [6.07, 6.45) is 4.64. The van der Waals surface area contributed by atoms with E-state index in [4.69, 9.17) is 14.7 Å². The molecular formula is C23H30N4O2. The van der Waals surface area contributed by atoms with Crippen LogP contribution >= 0.6 is 0 Å². The molecule has 0 saturated carbocycles. The number of anilines is 1. The fraction of sp³-hybridized carbons (Fsp3) is 0.522. The van der Waals surface area contributed by atoms with Gasteiger partial charge in [-0.1, -0.05) is 50.1 Å². The molecule has 2 aliphatic heterocycles. The van der Waals surface area contributed by atoms with Gasteiger partial charge in [-0.15, -0.1) is 0 Å². The first-order valence-corrected chi connectivity index (χ1v) is 10.8. The van der Waals surface area contributed by atoms with Crippen LogP contribution in [0.2, 0.25) is 0 Å². The van der Waals surface area contributed by atoms with Crippen molar-refractivity contribution in [1.29, 1.82) is 0 Å². The van der Waals surface area contributed by atoms with E-state index in [1.54, 1.807) is 0 Å². The molecule has 154 valence electrons. The predicted octanol–water partition coefficient (Wildman–Crippen LogP) is 3.45. The topological polar surface area (TPSA) is 58.6 Å². The Morgan fingerprint density at radius 3 is 2.62 bits per heavy atom. The summed E-state index contributed by atoms with van der Waals surface area (Å²) in [5.74, 6) is 2.00. The summed E-state index contributed by atoms with van der Waals surface area (Å²) >= 11 is 0. The van der Waals surface area contributed by atoms with Crippen molar-refractivity contribution in [3.8, 4) is 11.4 Å². The Labute approximate surface area is 172 Å². The lowest BCUT2D eigenvalue weighted by Crippen LogP contribution is -2.41. The molecule has 0 bridgehead atoms. The molecule has 4 rings (SSSR count). The van der Waals surface area contributed by atoms with Gasteiger partial charge in [0.2, 0.25) is 5.91 Å². The highest BCUT2D eigenvalue weighted by atomic mass is 16.5. The predicted molar refractivity (Wildman–Crippen MR) is 114 cm³/mol. The smallest absolute Gasteiger partial charge is 0.222 e. The van der Waals surface area contributed by atoms with Gasteiger partial charge in [-0.05, 0) is 6.42 Å². The average Bonchev–Trinajstić information content (AvgIpc) is 2.79. The van der Waals surface area contributed by atoms with Crippen molar-refractivity contribution in [3.05, 3.63) is 41.6 Å². The van der Waals surface area contributed by atoms with E-state index in [0.717, 1.165) is 73.8 Å². The number of rotatable bonds is 6. The summed E-state index contributed by atoms with van der Waals surface area (Å²) < 4.78 is 5.54. The quantitative estimate of drug-likeness (QED) is 0.703. The molecule has 0 spiro atoms. The number of hydrogen-bond acceptors (Lipinski definition) is 5. The van der Waals surface area contributed by atoms with Crippen LogP contribution in [0.25, 0.3) is 11.4 Å². The Bertz CT molecular complexity index is 834. The third kappa shape index (κ3) is 4.58. The van der Waals surface area contributed by atoms with Crippen LogP contribution in [0.15, 0.2) is 30.3 Å². The number of carbonyl (C=O) groups is 1. The minimum Gasteiger partial charge on any atom is -0.378 e. The van der Waals surface area contributed by atoms with Crippen molar-refractivity contribution >= 4 is 11.7 Å². The number of benzene rings is 1.